The van der Waals surface area contributed by atoms with Crippen molar-refractivity contribution in [1.29, 1.82) is 0 Å². The predicted octanol–water partition coefficient (Wildman–Crippen LogP) is 0.785. The van der Waals surface area contributed by atoms with Gasteiger partial charge in [-0.05, 0) is 39.3 Å². The Morgan fingerprint density at radius 3 is 2.94 bits per heavy atom. The molecule has 0 amide bonds. The molecule has 2 fully saturated rings. The number of aliphatic hydroxyl groups excluding tert-OH is 1. The van der Waals surface area contributed by atoms with E-state index in [0.717, 1.165) is 32.4 Å². The molecule has 0 bridgehead atoms. The molecular weight excluding hydrogens is 206 g/mol. The molecule has 0 aromatic heterocycles. The van der Waals surface area contributed by atoms with Crippen LogP contribution in [0, 0.1) is 5.92 Å². The van der Waals surface area contributed by atoms with E-state index in [4.69, 9.17) is 4.74 Å². The van der Waals surface area contributed by atoms with Gasteiger partial charge in [0.05, 0.1) is 18.6 Å². The summed E-state index contributed by atoms with van der Waals surface area (Å²) in [5, 5.41) is 10.2. The minimum atomic E-state index is -0.534. The molecule has 2 aliphatic rings. The van der Waals surface area contributed by atoms with E-state index in [9.17, 15) is 9.90 Å². The van der Waals surface area contributed by atoms with Gasteiger partial charge in [0.15, 0.2) is 0 Å². The van der Waals surface area contributed by atoms with Crippen LogP contribution >= 0.6 is 0 Å². The van der Waals surface area contributed by atoms with Gasteiger partial charge in [-0.3, -0.25) is 9.69 Å². The van der Waals surface area contributed by atoms with Gasteiger partial charge in [0, 0.05) is 6.04 Å². The Hall–Kier alpha value is -0.610. The second kappa shape index (κ2) is 5.15. The molecule has 4 nitrogen and oxygen atoms in total. The van der Waals surface area contributed by atoms with Crippen LogP contribution in [0.4, 0.5) is 0 Å². The van der Waals surface area contributed by atoms with Crippen LogP contribution in [0.3, 0.4) is 0 Å². The maximum Gasteiger partial charge on any atom is 0.311 e. The smallest absolute Gasteiger partial charge is 0.311 e. The molecule has 92 valence electrons. The van der Waals surface area contributed by atoms with Crippen molar-refractivity contribution in [3.8, 4) is 0 Å². The second-order valence-corrected chi connectivity index (χ2v) is 4.74. The highest BCUT2D eigenvalue weighted by molar-refractivity contribution is 5.73. The lowest BCUT2D eigenvalue weighted by Crippen LogP contribution is -2.56. The van der Waals surface area contributed by atoms with Gasteiger partial charge in [-0.25, -0.2) is 0 Å². The molecule has 2 saturated heterocycles. The summed E-state index contributed by atoms with van der Waals surface area (Å²) < 4.78 is 5.01. The third-order valence-corrected chi connectivity index (χ3v) is 3.79. The van der Waals surface area contributed by atoms with Gasteiger partial charge < -0.3 is 9.84 Å². The summed E-state index contributed by atoms with van der Waals surface area (Å²) >= 11 is 0. The molecule has 4 heteroatoms. The lowest BCUT2D eigenvalue weighted by Gasteiger charge is -2.44. The molecule has 0 radical (unpaired) electrons. The predicted molar refractivity (Wildman–Crippen MR) is 60.0 cm³/mol. The largest absolute Gasteiger partial charge is 0.466 e. The van der Waals surface area contributed by atoms with Crippen LogP contribution in [-0.2, 0) is 9.53 Å². The molecule has 0 aromatic carbocycles. The summed E-state index contributed by atoms with van der Waals surface area (Å²) in [6.07, 6.45) is 3.59. The number of carbonyl (C=O) groups is 1. The van der Waals surface area contributed by atoms with Crippen molar-refractivity contribution in [3.63, 3.8) is 0 Å². The molecule has 0 aromatic rings. The summed E-state index contributed by atoms with van der Waals surface area (Å²) in [5.74, 6) is -0.528. The Morgan fingerprint density at radius 1 is 1.38 bits per heavy atom. The van der Waals surface area contributed by atoms with Gasteiger partial charge in [-0.2, -0.15) is 0 Å². The highest BCUT2D eigenvalue weighted by Gasteiger charge is 2.41. The molecule has 0 aliphatic carbocycles. The van der Waals surface area contributed by atoms with Crippen molar-refractivity contribution in [2.45, 2.75) is 44.8 Å². The SMILES string of the molecule is CCOC(=O)C1CCN2CCCCC2C1O. The standard InChI is InChI=1S/C12H21NO3/c1-2-16-12(15)9-6-8-13-7-4-3-5-10(13)11(9)14/h9-11,14H,2-8H2,1H3. The number of ether oxygens (including phenoxy) is 1. The van der Waals surface area contributed by atoms with Crippen LogP contribution in [0.15, 0.2) is 0 Å². The molecule has 3 atom stereocenters. The van der Waals surface area contributed by atoms with E-state index in [1.807, 2.05) is 0 Å². The second-order valence-electron chi connectivity index (χ2n) is 4.74. The summed E-state index contributed by atoms with van der Waals surface area (Å²) in [5.41, 5.74) is 0. The summed E-state index contributed by atoms with van der Waals surface area (Å²) in [7, 11) is 0. The fourth-order valence-electron chi connectivity index (χ4n) is 2.93. The van der Waals surface area contributed by atoms with Crippen LogP contribution in [0.1, 0.15) is 32.6 Å². The zero-order valence-electron chi connectivity index (χ0n) is 9.89. The number of nitrogens with zero attached hydrogens (tertiary/aromatic N) is 1. The summed E-state index contributed by atoms with van der Waals surface area (Å²) in [6, 6.07) is 0.178. The number of hydrogen-bond acceptors (Lipinski definition) is 4. The summed E-state index contributed by atoms with van der Waals surface area (Å²) in [4.78, 5) is 14.0. The first kappa shape index (κ1) is 11.9. The fraction of sp³-hybridized carbons (Fsp3) is 0.917. The monoisotopic (exact) mass is 227 g/mol. The van der Waals surface area contributed by atoms with Crippen molar-refractivity contribution >= 4 is 5.97 Å². The first-order valence-electron chi connectivity index (χ1n) is 6.32. The zero-order chi connectivity index (χ0) is 11.5. The zero-order valence-corrected chi connectivity index (χ0v) is 9.89. The topological polar surface area (TPSA) is 49.8 Å². The van der Waals surface area contributed by atoms with Gasteiger partial charge in [-0.15, -0.1) is 0 Å². The Bertz CT molecular complexity index is 257. The van der Waals surface area contributed by atoms with E-state index in [0.29, 0.717) is 6.61 Å². The molecule has 2 aliphatic heterocycles. The van der Waals surface area contributed by atoms with Crippen molar-refractivity contribution in [1.82, 2.24) is 4.90 Å². The Kier molecular flexibility index (Phi) is 3.82. The van der Waals surface area contributed by atoms with E-state index in [2.05, 4.69) is 4.90 Å². The third kappa shape index (κ3) is 2.23. The minimum absolute atomic E-state index is 0.178. The maximum atomic E-state index is 11.7. The lowest BCUT2D eigenvalue weighted by molar-refractivity contribution is -0.158. The van der Waals surface area contributed by atoms with Crippen LogP contribution in [0.5, 0.6) is 0 Å². The maximum absolute atomic E-state index is 11.7. The average Bonchev–Trinajstić information content (AvgIpc) is 2.30. The number of esters is 1. The molecule has 2 heterocycles. The van der Waals surface area contributed by atoms with Crippen LogP contribution in [0.25, 0.3) is 0 Å². The van der Waals surface area contributed by atoms with Crippen LogP contribution < -0.4 is 0 Å². The van der Waals surface area contributed by atoms with Gasteiger partial charge >= 0.3 is 5.97 Å². The third-order valence-electron chi connectivity index (χ3n) is 3.79. The van der Waals surface area contributed by atoms with E-state index in [1.165, 1.54) is 6.42 Å². The normalized spacial score (nSPS) is 35.5. The van der Waals surface area contributed by atoms with Crippen molar-refractivity contribution in [3.05, 3.63) is 0 Å². The van der Waals surface area contributed by atoms with E-state index >= 15 is 0 Å². The molecule has 2 rings (SSSR count). The van der Waals surface area contributed by atoms with Gasteiger partial charge in [-0.1, -0.05) is 6.42 Å². The number of fused-ring (bicyclic) bond motifs is 1. The quantitative estimate of drug-likeness (QED) is 0.708. The highest BCUT2D eigenvalue weighted by Crippen LogP contribution is 2.30. The van der Waals surface area contributed by atoms with Crippen LogP contribution in [0.2, 0.25) is 0 Å². The molecular formula is C12H21NO3. The van der Waals surface area contributed by atoms with E-state index in [-0.39, 0.29) is 17.9 Å². The number of carbonyl (C=O) groups excluding carboxylic acids is 1. The molecule has 3 unspecified atom stereocenters. The number of hydrogen-bond donors (Lipinski definition) is 1. The number of aliphatic hydroxyl groups is 1. The number of rotatable bonds is 2. The van der Waals surface area contributed by atoms with Gasteiger partial charge in [0.25, 0.3) is 0 Å². The Labute approximate surface area is 96.6 Å². The van der Waals surface area contributed by atoms with Crippen molar-refractivity contribution in [2.24, 2.45) is 5.92 Å². The Balaban J connectivity index is 1.99. The average molecular weight is 227 g/mol. The Morgan fingerprint density at radius 2 is 2.19 bits per heavy atom. The molecule has 0 spiro atoms. The van der Waals surface area contributed by atoms with E-state index in [1.54, 1.807) is 6.92 Å². The van der Waals surface area contributed by atoms with Crippen molar-refractivity contribution < 1.29 is 14.6 Å². The fourth-order valence-corrected chi connectivity index (χ4v) is 2.93. The van der Waals surface area contributed by atoms with Crippen LogP contribution in [-0.4, -0.2) is 47.8 Å². The number of piperidine rings is 2. The van der Waals surface area contributed by atoms with E-state index < -0.39 is 6.10 Å². The van der Waals surface area contributed by atoms with Crippen molar-refractivity contribution in [2.75, 3.05) is 19.7 Å². The molecule has 0 saturated carbocycles. The first-order valence-corrected chi connectivity index (χ1v) is 6.32. The van der Waals surface area contributed by atoms with Gasteiger partial charge in [0.2, 0.25) is 0 Å². The van der Waals surface area contributed by atoms with Gasteiger partial charge in [0.1, 0.15) is 0 Å². The molecule has 1 N–H and O–H groups in total. The highest BCUT2D eigenvalue weighted by atomic mass is 16.5. The minimum Gasteiger partial charge on any atom is -0.466 e. The summed E-state index contributed by atoms with van der Waals surface area (Å²) in [6.45, 7) is 4.19. The lowest BCUT2D eigenvalue weighted by atomic mass is 9.83. The first-order chi connectivity index (χ1) is 7.74. The molecule has 16 heavy (non-hydrogen) atoms.